The fraction of sp³-hybridized carbons (Fsp3) is 0.500. The molecule has 0 aromatic carbocycles. The second-order valence-corrected chi connectivity index (χ2v) is 8.20. The third kappa shape index (κ3) is 4.85. The quantitative estimate of drug-likeness (QED) is 0.719. The van der Waals surface area contributed by atoms with Gasteiger partial charge in [0.1, 0.15) is 11.6 Å². The molecular weight excluding hydrogens is 364 g/mol. The Balaban J connectivity index is 1.61. The standard InChI is InChI=1S/C22H30N6O/c23-17-7-10-28(11-8-17)21-14-16(22(24)29)12-19(27-21)15-6-9-25-20(13-15)26-18-4-2-1-3-5-18/h6,9,12-14,17-18H,1-5,7-8,10-11,23H2,(H2,24,29)(H,25,26). The van der Waals surface area contributed by atoms with Gasteiger partial charge in [0.2, 0.25) is 5.91 Å². The number of anilines is 2. The molecule has 2 aliphatic rings. The van der Waals surface area contributed by atoms with Crippen LogP contribution in [-0.4, -0.2) is 41.0 Å². The van der Waals surface area contributed by atoms with Gasteiger partial charge in [-0.2, -0.15) is 0 Å². The zero-order valence-electron chi connectivity index (χ0n) is 16.8. The summed E-state index contributed by atoms with van der Waals surface area (Å²) in [5.74, 6) is 1.19. The minimum Gasteiger partial charge on any atom is -0.367 e. The molecule has 5 N–H and O–H groups in total. The summed E-state index contributed by atoms with van der Waals surface area (Å²) in [6, 6.07) is 8.20. The van der Waals surface area contributed by atoms with E-state index in [1.807, 2.05) is 12.1 Å². The van der Waals surface area contributed by atoms with Crippen molar-refractivity contribution in [3.8, 4) is 11.3 Å². The Morgan fingerprint density at radius 2 is 1.83 bits per heavy atom. The Morgan fingerprint density at radius 3 is 2.55 bits per heavy atom. The Kier molecular flexibility index (Phi) is 5.94. The lowest BCUT2D eigenvalue weighted by atomic mass is 9.95. The first-order valence-corrected chi connectivity index (χ1v) is 10.6. The van der Waals surface area contributed by atoms with E-state index in [9.17, 15) is 4.79 Å². The lowest BCUT2D eigenvalue weighted by Crippen LogP contribution is -2.40. The van der Waals surface area contributed by atoms with Crippen molar-refractivity contribution in [2.45, 2.75) is 57.0 Å². The molecule has 7 nitrogen and oxygen atoms in total. The summed E-state index contributed by atoms with van der Waals surface area (Å²) in [7, 11) is 0. The van der Waals surface area contributed by atoms with Crippen LogP contribution in [0.2, 0.25) is 0 Å². The van der Waals surface area contributed by atoms with Crippen molar-refractivity contribution in [3.63, 3.8) is 0 Å². The molecule has 2 fully saturated rings. The van der Waals surface area contributed by atoms with Crippen LogP contribution in [0.3, 0.4) is 0 Å². The SMILES string of the molecule is NC(=O)c1cc(-c2ccnc(NC3CCCCC3)c2)nc(N2CCC(N)CC2)c1. The molecule has 0 bridgehead atoms. The van der Waals surface area contributed by atoms with Gasteiger partial charge < -0.3 is 21.7 Å². The number of nitrogens with zero attached hydrogens (tertiary/aromatic N) is 3. The van der Waals surface area contributed by atoms with Gasteiger partial charge in [0, 0.05) is 42.5 Å². The van der Waals surface area contributed by atoms with E-state index < -0.39 is 5.91 Å². The van der Waals surface area contributed by atoms with Gasteiger partial charge in [0.25, 0.3) is 0 Å². The van der Waals surface area contributed by atoms with E-state index in [1.165, 1.54) is 32.1 Å². The summed E-state index contributed by atoms with van der Waals surface area (Å²) in [6.45, 7) is 1.67. The third-order valence-electron chi connectivity index (χ3n) is 5.97. The second kappa shape index (κ2) is 8.78. The summed E-state index contributed by atoms with van der Waals surface area (Å²) in [6.07, 6.45) is 9.85. The normalized spacial score (nSPS) is 18.6. The molecule has 2 aromatic heterocycles. The van der Waals surface area contributed by atoms with Crippen molar-refractivity contribution >= 4 is 17.5 Å². The lowest BCUT2D eigenvalue weighted by molar-refractivity contribution is 0.1000. The lowest BCUT2D eigenvalue weighted by Gasteiger charge is -2.31. The molecule has 1 aliphatic carbocycles. The maximum atomic E-state index is 11.9. The zero-order chi connectivity index (χ0) is 20.2. The molecule has 0 radical (unpaired) electrons. The number of piperidine rings is 1. The van der Waals surface area contributed by atoms with E-state index >= 15 is 0 Å². The molecule has 7 heteroatoms. The highest BCUT2D eigenvalue weighted by atomic mass is 16.1. The van der Waals surface area contributed by atoms with Crippen LogP contribution >= 0.6 is 0 Å². The van der Waals surface area contributed by atoms with Gasteiger partial charge in [-0.3, -0.25) is 4.79 Å². The average Bonchev–Trinajstić information content (AvgIpc) is 2.75. The van der Waals surface area contributed by atoms with Crippen molar-refractivity contribution in [1.82, 2.24) is 9.97 Å². The number of hydrogen-bond donors (Lipinski definition) is 3. The van der Waals surface area contributed by atoms with E-state index in [0.29, 0.717) is 11.6 Å². The van der Waals surface area contributed by atoms with Gasteiger partial charge in [-0.25, -0.2) is 9.97 Å². The highest BCUT2D eigenvalue weighted by Crippen LogP contribution is 2.27. The Morgan fingerprint density at radius 1 is 1.07 bits per heavy atom. The molecule has 3 heterocycles. The van der Waals surface area contributed by atoms with Crippen LogP contribution in [0.4, 0.5) is 11.6 Å². The molecule has 0 unspecified atom stereocenters. The molecule has 1 aliphatic heterocycles. The van der Waals surface area contributed by atoms with Gasteiger partial charge in [0.05, 0.1) is 5.69 Å². The van der Waals surface area contributed by atoms with Gasteiger partial charge in [-0.15, -0.1) is 0 Å². The molecule has 1 amide bonds. The Labute approximate surface area is 171 Å². The number of amides is 1. The van der Waals surface area contributed by atoms with E-state index in [0.717, 1.165) is 48.8 Å². The van der Waals surface area contributed by atoms with Crippen LogP contribution < -0.4 is 21.7 Å². The largest absolute Gasteiger partial charge is 0.367 e. The molecule has 1 saturated carbocycles. The summed E-state index contributed by atoms with van der Waals surface area (Å²) in [5, 5.41) is 3.56. The van der Waals surface area contributed by atoms with Crippen molar-refractivity contribution in [2.75, 3.05) is 23.3 Å². The third-order valence-corrected chi connectivity index (χ3v) is 5.97. The number of carbonyl (C=O) groups is 1. The monoisotopic (exact) mass is 394 g/mol. The Hall–Kier alpha value is -2.67. The highest BCUT2D eigenvalue weighted by molar-refractivity contribution is 5.94. The molecule has 154 valence electrons. The molecule has 1 saturated heterocycles. The summed E-state index contributed by atoms with van der Waals surface area (Å²) in [4.78, 5) is 23.4. The molecule has 2 aromatic rings. The average molecular weight is 395 g/mol. The molecular formula is C22H30N6O. The van der Waals surface area contributed by atoms with Gasteiger partial charge in [-0.1, -0.05) is 19.3 Å². The minimum atomic E-state index is -0.446. The number of rotatable bonds is 5. The van der Waals surface area contributed by atoms with E-state index in [1.54, 1.807) is 18.3 Å². The van der Waals surface area contributed by atoms with E-state index in [4.69, 9.17) is 16.5 Å². The van der Waals surface area contributed by atoms with E-state index in [-0.39, 0.29) is 6.04 Å². The maximum absolute atomic E-state index is 11.9. The topological polar surface area (TPSA) is 110 Å². The predicted octanol–water partition coefficient (Wildman–Crippen LogP) is 2.91. The number of nitrogens with two attached hydrogens (primary N) is 2. The zero-order valence-corrected chi connectivity index (χ0v) is 16.8. The van der Waals surface area contributed by atoms with Crippen LogP contribution in [0.15, 0.2) is 30.5 Å². The second-order valence-electron chi connectivity index (χ2n) is 8.20. The highest BCUT2D eigenvalue weighted by Gasteiger charge is 2.20. The number of aromatic nitrogens is 2. The van der Waals surface area contributed by atoms with Crippen LogP contribution in [0.1, 0.15) is 55.3 Å². The van der Waals surface area contributed by atoms with Gasteiger partial charge >= 0.3 is 0 Å². The number of carbonyl (C=O) groups excluding carboxylic acids is 1. The molecule has 29 heavy (non-hydrogen) atoms. The summed E-state index contributed by atoms with van der Waals surface area (Å²) < 4.78 is 0. The molecule has 0 atom stereocenters. The van der Waals surface area contributed by atoms with Gasteiger partial charge in [-0.05, 0) is 49.9 Å². The number of nitrogens with one attached hydrogen (secondary N) is 1. The van der Waals surface area contributed by atoms with E-state index in [2.05, 4.69) is 15.2 Å². The van der Waals surface area contributed by atoms with Gasteiger partial charge in [0.15, 0.2) is 0 Å². The molecule has 0 spiro atoms. The first kappa shape index (κ1) is 19.6. The van der Waals surface area contributed by atoms with Crippen molar-refractivity contribution in [2.24, 2.45) is 11.5 Å². The number of hydrogen-bond acceptors (Lipinski definition) is 6. The summed E-state index contributed by atoms with van der Waals surface area (Å²) in [5.41, 5.74) is 13.8. The van der Waals surface area contributed by atoms with Crippen LogP contribution in [0, 0.1) is 0 Å². The smallest absolute Gasteiger partial charge is 0.248 e. The van der Waals surface area contributed by atoms with Crippen LogP contribution in [0.25, 0.3) is 11.3 Å². The van der Waals surface area contributed by atoms with Crippen molar-refractivity contribution < 1.29 is 4.79 Å². The van der Waals surface area contributed by atoms with Crippen molar-refractivity contribution in [3.05, 3.63) is 36.0 Å². The summed E-state index contributed by atoms with van der Waals surface area (Å²) >= 11 is 0. The van der Waals surface area contributed by atoms with Crippen molar-refractivity contribution in [1.29, 1.82) is 0 Å². The minimum absolute atomic E-state index is 0.235. The van der Waals surface area contributed by atoms with Crippen LogP contribution in [-0.2, 0) is 0 Å². The van der Waals surface area contributed by atoms with Crippen LogP contribution in [0.5, 0.6) is 0 Å². The Bertz CT molecular complexity index is 856. The fourth-order valence-corrected chi connectivity index (χ4v) is 4.22. The first-order valence-electron chi connectivity index (χ1n) is 10.6. The predicted molar refractivity (Wildman–Crippen MR) is 116 cm³/mol. The molecule has 4 rings (SSSR count). The number of pyridine rings is 2. The maximum Gasteiger partial charge on any atom is 0.248 e. The first-order chi connectivity index (χ1) is 14.1. The number of primary amides is 1. The fourth-order valence-electron chi connectivity index (χ4n) is 4.22.